The molecule has 24 nitrogen and oxygen atoms in total. The first-order valence-corrected chi connectivity index (χ1v) is 38.7. The minimum atomic E-state index is -0.978. The summed E-state index contributed by atoms with van der Waals surface area (Å²) in [5, 5.41) is 12.7. The van der Waals surface area contributed by atoms with Crippen LogP contribution in [0.3, 0.4) is 0 Å². The van der Waals surface area contributed by atoms with E-state index in [1.54, 1.807) is 14.7 Å². The number of para-hydroxylation sites is 3. The second kappa shape index (κ2) is 39.3. The van der Waals surface area contributed by atoms with Gasteiger partial charge in [-0.1, -0.05) is 132 Å². The van der Waals surface area contributed by atoms with Crippen LogP contribution in [0.2, 0.25) is 0 Å². The molecule has 24 heteroatoms. The highest BCUT2D eigenvalue weighted by Gasteiger charge is 2.50. The van der Waals surface area contributed by atoms with Crippen molar-refractivity contribution in [1.82, 2.24) is 20.3 Å². The Bertz CT molecular complexity index is 5080. The maximum Gasteiger partial charge on any atom is 0.533 e. The summed E-state index contributed by atoms with van der Waals surface area (Å²) in [5.41, 5.74) is 15.8. The number of nitrogens with zero attached hydrogens (tertiary/aromatic N) is 6. The summed E-state index contributed by atoms with van der Waals surface area (Å²) in [4.78, 5) is 159. The predicted octanol–water partition coefficient (Wildman–Crippen LogP) is 9.42. The molecule has 2 unspecified atom stereocenters. The number of imide groups is 3. The van der Waals surface area contributed by atoms with Crippen LogP contribution in [0.15, 0.2) is 158 Å². The molecule has 6 aliphatic heterocycles. The van der Waals surface area contributed by atoms with Crippen molar-refractivity contribution in [2.24, 2.45) is 41.2 Å². The van der Waals surface area contributed by atoms with Gasteiger partial charge in [0.2, 0.25) is 23.6 Å². The molecule has 586 valence electrons. The highest BCUT2D eigenvalue weighted by molar-refractivity contribution is 6.13. The van der Waals surface area contributed by atoms with Crippen LogP contribution in [0.5, 0.6) is 0 Å². The highest BCUT2D eigenvalue weighted by atomic mass is 16.8. The van der Waals surface area contributed by atoms with Gasteiger partial charge in [-0.25, -0.2) is 9.59 Å². The van der Waals surface area contributed by atoms with Crippen molar-refractivity contribution in [2.75, 3.05) is 47.5 Å². The van der Waals surface area contributed by atoms with E-state index in [9.17, 15) is 57.5 Å². The Kier molecular flexibility index (Phi) is 27.8. The first-order chi connectivity index (χ1) is 55.9. The lowest BCUT2D eigenvalue weighted by atomic mass is 10.0. The van der Waals surface area contributed by atoms with Gasteiger partial charge in [0.15, 0.2) is 0 Å². The van der Waals surface area contributed by atoms with Crippen molar-refractivity contribution in [3.63, 3.8) is 0 Å². The molecule has 6 aromatic carbocycles. The van der Waals surface area contributed by atoms with Crippen molar-refractivity contribution < 1.29 is 77.1 Å². The lowest BCUT2D eigenvalue weighted by Gasteiger charge is -2.26. The van der Waals surface area contributed by atoms with Gasteiger partial charge in [-0.15, -0.1) is 28.7 Å². The van der Waals surface area contributed by atoms with Crippen LogP contribution in [0, 0.1) is 94.7 Å². The number of ether oxygens (including phenoxy) is 1. The molecule has 10 amide bonds. The Morgan fingerprint density at radius 3 is 1.19 bits per heavy atom. The number of rotatable bonds is 16. The zero-order valence-electron chi connectivity index (χ0n) is 63.5. The third-order valence-corrected chi connectivity index (χ3v) is 21.2. The minimum Gasteiger partial charge on any atom is -0.432 e. The van der Waals surface area contributed by atoms with Gasteiger partial charge in [0, 0.05) is 149 Å². The van der Waals surface area contributed by atoms with E-state index in [-0.39, 0.29) is 94.7 Å². The zero-order valence-corrected chi connectivity index (χ0v) is 63.5. The third kappa shape index (κ3) is 21.3. The molecule has 4 N–H and O–H groups in total. The maximum absolute atomic E-state index is 13.1. The molecular formula is C91H86N8O16. The van der Waals surface area contributed by atoms with Crippen molar-refractivity contribution >= 4 is 88.3 Å². The van der Waals surface area contributed by atoms with E-state index < -0.39 is 47.6 Å². The summed E-state index contributed by atoms with van der Waals surface area (Å²) in [6.45, 7) is 2.44. The van der Waals surface area contributed by atoms with Gasteiger partial charge >= 0.3 is 12.1 Å². The number of amides is 10. The van der Waals surface area contributed by atoms with Crippen LogP contribution < -0.4 is 25.8 Å². The molecule has 0 spiro atoms. The first kappa shape index (κ1) is 81.3. The number of aliphatic hydroxyl groups is 1. The zero-order chi connectivity index (χ0) is 80.7. The summed E-state index contributed by atoms with van der Waals surface area (Å²) in [6, 6.07) is 45.8. The second-order valence-electron chi connectivity index (χ2n) is 28.6. The lowest BCUT2D eigenvalue weighted by Crippen LogP contribution is -2.37. The number of fused-ring (bicyclic) bond motifs is 8. The topological polar surface area (TPSA) is 310 Å². The van der Waals surface area contributed by atoms with E-state index in [4.69, 9.17) is 20.4 Å². The molecular weight excluding hydrogens is 1460 g/mol. The van der Waals surface area contributed by atoms with Crippen molar-refractivity contribution in [2.45, 2.75) is 129 Å². The molecule has 4 fully saturated rings. The second-order valence-corrected chi connectivity index (χ2v) is 28.6. The van der Waals surface area contributed by atoms with Crippen molar-refractivity contribution in [1.29, 1.82) is 0 Å². The van der Waals surface area contributed by atoms with Gasteiger partial charge in [0.05, 0.1) is 49.7 Å². The molecule has 6 aromatic rings. The lowest BCUT2D eigenvalue weighted by molar-refractivity contribution is -0.197. The summed E-state index contributed by atoms with van der Waals surface area (Å²) >= 11 is 0. The molecule has 0 bridgehead atoms. The SMILES string of the molecule is NCCC(=O)N1Cc2ccccc2C#Cc2ccccc21.O=C(CCC(=O)N1Cc2ccccc2C#Cc2ccccc21)ON1C(=O)CCC1=O.O=C(CCN1C(=O)C=CC1=O)NCCC(=O)N1Cc2ccccc2C#Cc2ccccc21.O=C(OCC1[C@H]2CCC#CCC[C@@H]12)ON1C(=O)CCC1=O.OCC1[C@H]2CCC#CCC[C@@H]12. The fraction of sp³-hybridized carbons (Fsp3) is 0.341. The molecule has 16 rings (SSSR count). The van der Waals surface area contributed by atoms with E-state index in [0.29, 0.717) is 78.7 Å². The Morgan fingerprint density at radius 2 is 0.783 bits per heavy atom. The standard InChI is InChI=1S/C25H21N3O4.C23H18N2O5.C18H16N2O.C15H17NO5.C10H14O/c29-22(14-16-27-23(30)11-12-24(27)31)26-15-13-25(32)28-17-20-7-2-1-5-18(20)9-10-19-6-3-4-8-21(19)28;26-20(13-14-23(29)30-25-21(27)11-12-22(25)28)24-15-18-7-2-1-5-16(18)9-10-17-6-3-4-8-19(17)24;19-12-11-18(21)20-13-16-7-2-1-5-14(16)9-10-15-6-3-4-8-17(15)20;17-13-7-8-14(18)16(13)21-15(19)20-9-12-10-5-3-1-2-4-6-11(10)12;11-7-10-8-5-3-1-2-4-6-9(8)10/h1-8,11-12H,13-17H2,(H,26,29);1-8H,11-15H2;1-8H,11-13,19H2;10-12H,3-9H2;8-11H,3-7H2/t;;;10-,11+,12?;8-,9+,10?. The third-order valence-electron chi connectivity index (χ3n) is 21.2. The number of nitrogens with one attached hydrogen (secondary N) is 1. The number of hydroxylamine groups is 4. The van der Waals surface area contributed by atoms with Crippen LogP contribution in [0.4, 0.5) is 21.9 Å². The molecule has 6 atom stereocenters. The van der Waals surface area contributed by atoms with Crippen LogP contribution in [0.25, 0.3) is 0 Å². The Morgan fingerprint density at radius 1 is 0.426 bits per heavy atom. The molecule has 4 aliphatic carbocycles. The van der Waals surface area contributed by atoms with E-state index in [1.807, 2.05) is 146 Å². The molecule has 2 saturated heterocycles. The van der Waals surface area contributed by atoms with Crippen LogP contribution in [-0.2, 0) is 86.8 Å². The van der Waals surface area contributed by atoms with Crippen molar-refractivity contribution in [3.05, 3.63) is 208 Å². The summed E-state index contributed by atoms with van der Waals surface area (Å²) in [5.74, 6) is 30.8. The van der Waals surface area contributed by atoms with Crippen LogP contribution >= 0.6 is 0 Å². The van der Waals surface area contributed by atoms with E-state index in [2.05, 4.69) is 69.4 Å². The van der Waals surface area contributed by atoms with Gasteiger partial charge in [-0.05, 0) is 132 Å². The Balaban J connectivity index is 0.000000137. The molecule has 0 aromatic heterocycles. The molecule has 10 aliphatic rings. The van der Waals surface area contributed by atoms with Gasteiger partial charge in [0.1, 0.15) is 0 Å². The number of carbonyl (C=O) groups is 12. The van der Waals surface area contributed by atoms with Gasteiger partial charge in [-0.3, -0.25) is 57.7 Å². The smallest absolute Gasteiger partial charge is 0.432 e. The van der Waals surface area contributed by atoms with Crippen LogP contribution in [0.1, 0.15) is 159 Å². The predicted molar refractivity (Wildman–Crippen MR) is 422 cm³/mol. The van der Waals surface area contributed by atoms with Gasteiger partial charge in [0.25, 0.3) is 35.4 Å². The van der Waals surface area contributed by atoms with Gasteiger partial charge in [-0.2, -0.15) is 0 Å². The molecule has 115 heavy (non-hydrogen) atoms. The number of benzene rings is 6. The molecule has 2 saturated carbocycles. The molecule has 0 radical (unpaired) electrons. The van der Waals surface area contributed by atoms with E-state index in [1.165, 1.54) is 25.0 Å². The first-order valence-electron chi connectivity index (χ1n) is 38.7. The molecule has 6 heterocycles. The number of aliphatic hydroxyl groups excluding tert-OH is 1. The van der Waals surface area contributed by atoms with Crippen molar-refractivity contribution in [3.8, 4) is 59.2 Å². The number of hydrogen-bond donors (Lipinski definition) is 3. The highest BCUT2D eigenvalue weighted by Crippen LogP contribution is 2.53. The average molecular weight is 1550 g/mol. The fourth-order valence-electron chi connectivity index (χ4n) is 14.9. The summed E-state index contributed by atoms with van der Waals surface area (Å²) in [7, 11) is 0. The summed E-state index contributed by atoms with van der Waals surface area (Å²) < 4.78 is 5.05. The van der Waals surface area contributed by atoms with E-state index in [0.717, 1.165) is 117 Å². The van der Waals surface area contributed by atoms with E-state index >= 15 is 0 Å². The quantitative estimate of drug-likeness (QED) is 0.0461. The number of carbonyl (C=O) groups excluding carboxylic acids is 12. The summed E-state index contributed by atoms with van der Waals surface area (Å²) in [6.07, 6.45) is 10.1. The van der Waals surface area contributed by atoms with Crippen LogP contribution in [-0.4, -0.2) is 124 Å². The Labute approximate surface area is 666 Å². The fourth-order valence-corrected chi connectivity index (χ4v) is 14.9. The number of nitrogens with two attached hydrogens (primary N) is 1. The maximum atomic E-state index is 13.1. The Hall–Kier alpha value is -13.2. The average Bonchev–Trinajstić information content (AvgIpc) is 1.63. The normalized spacial score (nSPS) is 19.6. The number of hydrogen-bond acceptors (Lipinski definition) is 17. The largest absolute Gasteiger partial charge is 0.533 e. The van der Waals surface area contributed by atoms with Gasteiger partial charge < -0.3 is 40.4 Å². The monoisotopic (exact) mass is 1550 g/mol. The number of anilines is 3. The minimum absolute atomic E-state index is 0.0110.